The molecule has 1 N–H and O–H groups in total. The summed E-state index contributed by atoms with van der Waals surface area (Å²) in [6.07, 6.45) is 6.41. The molecule has 3 aliphatic carbocycles. The lowest BCUT2D eigenvalue weighted by Gasteiger charge is -2.44. The van der Waals surface area contributed by atoms with Gasteiger partial charge in [-0.2, -0.15) is 0 Å². The van der Waals surface area contributed by atoms with Crippen LogP contribution in [0.1, 0.15) is 59.8 Å². The molecule has 3 unspecified atom stereocenters. The minimum Gasteiger partial charge on any atom is -0.390 e. The predicted octanol–water partition coefficient (Wildman–Crippen LogP) is 3.61. The Balaban J connectivity index is 2.07. The van der Waals surface area contributed by atoms with Crippen LogP contribution in [-0.2, 0) is 0 Å². The van der Waals surface area contributed by atoms with E-state index in [1.807, 2.05) is 0 Å². The molecular formula is C15H26O. The van der Waals surface area contributed by atoms with Gasteiger partial charge in [0.15, 0.2) is 0 Å². The highest BCUT2D eigenvalue weighted by Gasteiger charge is 2.67. The maximum atomic E-state index is 10.6. The van der Waals surface area contributed by atoms with Crippen molar-refractivity contribution in [2.75, 3.05) is 0 Å². The third-order valence-electron chi connectivity index (χ3n) is 6.79. The standard InChI is InChI=1S/C15H26O/c1-10-5-6-11-13(2,3)12-9-15(10,11)8-7-14(12,4)16/h10-12,16H,5-9H2,1-4H3/t10-,11+,12?,14?,15?/m1/s1. The van der Waals surface area contributed by atoms with Crippen molar-refractivity contribution in [3.8, 4) is 0 Å². The Bertz CT molecular complexity index is 313. The molecule has 0 aromatic rings. The fourth-order valence-electron chi connectivity index (χ4n) is 5.88. The fourth-order valence-corrected chi connectivity index (χ4v) is 5.88. The van der Waals surface area contributed by atoms with Gasteiger partial charge in [-0.25, -0.2) is 0 Å². The minimum atomic E-state index is -0.404. The maximum Gasteiger partial charge on any atom is 0.0653 e. The van der Waals surface area contributed by atoms with E-state index in [2.05, 4.69) is 27.7 Å². The number of aliphatic hydroxyl groups is 1. The van der Waals surface area contributed by atoms with Crippen LogP contribution in [0.4, 0.5) is 0 Å². The van der Waals surface area contributed by atoms with Gasteiger partial charge in [-0.1, -0.05) is 20.8 Å². The van der Waals surface area contributed by atoms with E-state index in [1.54, 1.807) is 0 Å². The van der Waals surface area contributed by atoms with Crippen molar-refractivity contribution in [1.29, 1.82) is 0 Å². The van der Waals surface area contributed by atoms with E-state index in [0.29, 0.717) is 16.7 Å². The Labute approximate surface area is 99.6 Å². The number of rotatable bonds is 0. The van der Waals surface area contributed by atoms with E-state index in [1.165, 1.54) is 25.7 Å². The molecule has 0 amide bonds. The molecule has 3 rings (SSSR count). The SMILES string of the molecule is C[C@@H]1CC[C@H]2C(C)(C)C3CC12CCC3(C)O. The lowest BCUT2D eigenvalue weighted by Crippen LogP contribution is -2.44. The van der Waals surface area contributed by atoms with Crippen LogP contribution in [0, 0.1) is 28.6 Å². The van der Waals surface area contributed by atoms with Crippen LogP contribution < -0.4 is 0 Å². The first-order valence-corrected chi connectivity index (χ1v) is 7.03. The highest BCUT2D eigenvalue weighted by molar-refractivity contribution is 5.16. The van der Waals surface area contributed by atoms with E-state index in [4.69, 9.17) is 0 Å². The second-order valence-corrected chi connectivity index (χ2v) is 7.70. The summed E-state index contributed by atoms with van der Waals surface area (Å²) in [6.45, 7) is 9.38. The quantitative estimate of drug-likeness (QED) is 0.664. The summed E-state index contributed by atoms with van der Waals surface area (Å²) in [4.78, 5) is 0. The molecule has 16 heavy (non-hydrogen) atoms. The molecule has 1 heteroatoms. The van der Waals surface area contributed by atoms with Gasteiger partial charge in [0.25, 0.3) is 0 Å². The summed E-state index contributed by atoms with van der Waals surface area (Å²) in [6, 6.07) is 0. The predicted molar refractivity (Wildman–Crippen MR) is 66.1 cm³/mol. The van der Waals surface area contributed by atoms with Gasteiger partial charge >= 0.3 is 0 Å². The van der Waals surface area contributed by atoms with Crippen LogP contribution in [0.5, 0.6) is 0 Å². The van der Waals surface area contributed by atoms with Gasteiger partial charge in [0, 0.05) is 0 Å². The molecule has 0 aromatic carbocycles. The lowest BCUT2D eigenvalue weighted by molar-refractivity contribution is -0.0717. The average molecular weight is 222 g/mol. The molecule has 92 valence electrons. The molecule has 0 aromatic heterocycles. The molecule has 3 saturated carbocycles. The summed E-state index contributed by atoms with van der Waals surface area (Å²) in [5.74, 6) is 2.29. The van der Waals surface area contributed by atoms with Crippen LogP contribution >= 0.6 is 0 Å². The molecule has 0 heterocycles. The number of fused-ring (bicyclic) bond motifs is 1. The molecule has 1 nitrogen and oxygen atoms in total. The topological polar surface area (TPSA) is 20.2 Å². The second kappa shape index (κ2) is 2.85. The first-order chi connectivity index (χ1) is 7.31. The van der Waals surface area contributed by atoms with E-state index in [-0.39, 0.29) is 0 Å². The number of hydrogen-bond donors (Lipinski definition) is 1. The smallest absolute Gasteiger partial charge is 0.0653 e. The van der Waals surface area contributed by atoms with Crippen LogP contribution in [0.3, 0.4) is 0 Å². The highest BCUT2D eigenvalue weighted by atomic mass is 16.3. The summed E-state index contributed by atoms with van der Waals surface area (Å²) in [5.41, 5.74) is 0.542. The van der Waals surface area contributed by atoms with Gasteiger partial charge in [0.2, 0.25) is 0 Å². The van der Waals surface area contributed by atoms with Crippen molar-refractivity contribution < 1.29 is 5.11 Å². The maximum absolute atomic E-state index is 10.6. The Morgan fingerprint density at radius 3 is 2.38 bits per heavy atom. The molecule has 3 fully saturated rings. The molecule has 0 saturated heterocycles. The Morgan fingerprint density at radius 1 is 1.00 bits per heavy atom. The van der Waals surface area contributed by atoms with Crippen molar-refractivity contribution in [2.45, 2.75) is 65.4 Å². The first-order valence-electron chi connectivity index (χ1n) is 7.03. The largest absolute Gasteiger partial charge is 0.390 e. The minimum absolute atomic E-state index is 0.352. The van der Waals surface area contributed by atoms with Crippen molar-refractivity contribution in [3.05, 3.63) is 0 Å². The normalized spacial score (nSPS) is 58.7. The van der Waals surface area contributed by atoms with Gasteiger partial charge in [0.1, 0.15) is 0 Å². The molecular weight excluding hydrogens is 196 g/mol. The van der Waals surface area contributed by atoms with E-state index in [0.717, 1.165) is 18.3 Å². The zero-order chi connectivity index (χ0) is 11.8. The van der Waals surface area contributed by atoms with Crippen LogP contribution in [-0.4, -0.2) is 10.7 Å². The summed E-state index contributed by atoms with van der Waals surface area (Å²) < 4.78 is 0. The zero-order valence-electron chi connectivity index (χ0n) is 11.2. The third kappa shape index (κ3) is 1.06. The average Bonchev–Trinajstić information content (AvgIpc) is 2.58. The Morgan fingerprint density at radius 2 is 1.69 bits per heavy atom. The first kappa shape index (κ1) is 11.1. The highest BCUT2D eigenvalue weighted by Crippen LogP contribution is 2.73. The van der Waals surface area contributed by atoms with Crippen molar-refractivity contribution in [3.63, 3.8) is 0 Å². The van der Waals surface area contributed by atoms with Crippen molar-refractivity contribution >= 4 is 0 Å². The molecule has 0 aliphatic heterocycles. The monoisotopic (exact) mass is 222 g/mol. The van der Waals surface area contributed by atoms with E-state index < -0.39 is 5.60 Å². The summed E-state index contributed by atoms with van der Waals surface area (Å²) >= 11 is 0. The second-order valence-electron chi connectivity index (χ2n) is 7.70. The van der Waals surface area contributed by atoms with Crippen LogP contribution in [0.25, 0.3) is 0 Å². The molecule has 5 atom stereocenters. The van der Waals surface area contributed by atoms with Gasteiger partial charge in [-0.05, 0) is 67.6 Å². The number of hydrogen-bond acceptors (Lipinski definition) is 1. The van der Waals surface area contributed by atoms with Crippen molar-refractivity contribution in [2.24, 2.45) is 28.6 Å². The van der Waals surface area contributed by atoms with Crippen LogP contribution in [0.2, 0.25) is 0 Å². The van der Waals surface area contributed by atoms with Gasteiger partial charge in [-0.15, -0.1) is 0 Å². The van der Waals surface area contributed by atoms with Crippen LogP contribution in [0.15, 0.2) is 0 Å². The van der Waals surface area contributed by atoms with Crippen molar-refractivity contribution in [1.82, 2.24) is 0 Å². The fraction of sp³-hybridized carbons (Fsp3) is 1.00. The Hall–Kier alpha value is -0.0400. The van der Waals surface area contributed by atoms with Gasteiger partial charge in [0.05, 0.1) is 5.60 Å². The molecule has 1 spiro atoms. The summed E-state index contributed by atoms with van der Waals surface area (Å²) in [7, 11) is 0. The molecule has 2 bridgehead atoms. The lowest BCUT2D eigenvalue weighted by atomic mass is 9.64. The van der Waals surface area contributed by atoms with Gasteiger partial charge in [-0.3, -0.25) is 0 Å². The third-order valence-corrected chi connectivity index (χ3v) is 6.79. The zero-order valence-corrected chi connectivity index (χ0v) is 11.2. The van der Waals surface area contributed by atoms with E-state index in [9.17, 15) is 5.11 Å². The Kier molecular flexibility index (Phi) is 1.98. The summed E-state index contributed by atoms with van der Waals surface area (Å²) in [5, 5.41) is 10.6. The molecule has 0 radical (unpaired) electrons. The van der Waals surface area contributed by atoms with E-state index >= 15 is 0 Å². The molecule has 3 aliphatic rings. The van der Waals surface area contributed by atoms with Gasteiger partial charge < -0.3 is 5.11 Å².